The van der Waals surface area contributed by atoms with Crippen molar-refractivity contribution in [3.05, 3.63) is 0 Å². The van der Waals surface area contributed by atoms with E-state index in [2.05, 4.69) is 12.6 Å². The Morgan fingerprint density at radius 2 is 1.83 bits per heavy atom. The van der Waals surface area contributed by atoms with Crippen molar-refractivity contribution >= 4 is 28.3 Å². The highest BCUT2D eigenvalue weighted by Gasteiger charge is 2.07. The lowest BCUT2D eigenvalue weighted by atomic mass is 9.67. The summed E-state index contributed by atoms with van der Waals surface area (Å²) in [7, 11) is 3.44. The lowest BCUT2D eigenvalue weighted by Crippen LogP contribution is -2.30. The topological polar surface area (TPSA) is 20.2 Å². The molecule has 0 heterocycles. The maximum Gasteiger partial charge on any atom is 0.132 e. The molecule has 4 heteroatoms. The normalized spacial score (nSPS) is 11.7. The van der Waals surface area contributed by atoms with E-state index < -0.39 is 5.40 Å². The molecule has 0 aromatic carbocycles. The number of thiol groups is 1. The molecular weight excluding hydrogens is 93.7 g/mol. The molecule has 0 unspecified atom stereocenters. The van der Waals surface area contributed by atoms with Crippen LogP contribution in [-0.4, -0.2) is 32.0 Å². The highest BCUT2D eigenvalue weighted by molar-refractivity contribution is 7.80. The average molecular weight is 102 g/mol. The van der Waals surface area contributed by atoms with Gasteiger partial charge in [-0.3, -0.25) is 0 Å². The molecule has 0 fully saturated rings. The van der Waals surface area contributed by atoms with E-state index in [1.54, 1.807) is 15.7 Å². The Morgan fingerprint density at radius 3 is 1.83 bits per heavy atom. The molecule has 6 heavy (non-hydrogen) atoms. The Kier molecular flexibility index (Phi) is 2.08. The van der Waals surface area contributed by atoms with E-state index in [9.17, 15) is 0 Å². The van der Waals surface area contributed by atoms with Gasteiger partial charge in [0, 0.05) is 11.2 Å². The molecule has 1 nitrogen and oxygen atoms in total. The quantitative estimate of drug-likeness (QED) is 0.285. The van der Waals surface area contributed by atoms with Crippen LogP contribution in [0, 0.1) is 0 Å². The molecular formula is C2H8B2OS. The van der Waals surface area contributed by atoms with Crippen LogP contribution in [0.25, 0.3) is 0 Å². The summed E-state index contributed by atoms with van der Waals surface area (Å²) in [6, 6.07) is 0. The summed E-state index contributed by atoms with van der Waals surface area (Å²) >= 11 is 3.85. The molecule has 0 aliphatic carbocycles. The van der Waals surface area contributed by atoms with E-state index >= 15 is 0 Å². The molecule has 0 saturated heterocycles. The van der Waals surface area contributed by atoms with Gasteiger partial charge in [0.2, 0.25) is 0 Å². The Bertz CT molecular complexity index is 41.3. The van der Waals surface area contributed by atoms with Crippen molar-refractivity contribution in [3.8, 4) is 0 Å². The van der Waals surface area contributed by atoms with Crippen molar-refractivity contribution in [3.63, 3.8) is 0 Å². The highest BCUT2D eigenvalue weighted by Crippen LogP contribution is 1.90. The van der Waals surface area contributed by atoms with Crippen LogP contribution in [0.3, 0.4) is 0 Å². The summed E-state index contributed by atoms with van der Waals surface area (Å²) in [5, 5.41) is 8.16. The molecule has 0 amide bonds. The summed E-state index contributed by atoms with van der Waals surface area (Å²) in [6.07, 6.45) is 0. The summed E-state index contributed by atoms with van der Waals surface area (Å²) in [6.45, 7) is 0. The molecule has 0 bridgehead atoms. The van der Waals surface area contributed by atoms with Crippen molar-refractivity contribution < 1.29 is 5.11 Å². The zero-order chi connectivity index (χ0) is 5.21. The minimum absolute atomic E-state index is 0.521. The van der Waals surface area contributed by atoms with Gasteiger partial charge in [-0.15, -0.1) is 0 Å². The van der Waals surface area contributed by atoms with Gasteiger partial charge in [-0.2, -0.15) is 12.6 Å². The second-order valence-corrected chi connectivity index (χ2v) is 2.29. The van der Waals surface area contributed by atoms with Gasteiger partial charge in [0.1, 0.15) is 15.7 Å². The molecule has 0 saturated carbocycles. The zero-order valence-electron chi connectivity index (χ0n) is 4.10. The third kappa shape index (κ3) is 4.44. The number of aliphatic hydroxyl groups is 1. The van der Waals surface area contributed by atoms with Crippen LogP contribution in [0.5, 0.6) is 0 Å². The Labute approximate surface area is 45.4 Å². The largest absolute Gasteiger partial charge is 0.407 e. The lowest BCUT2D eigenvalue weighted by Gasteiger charge is -2.10. The molecule has 0 atom stereocenters. The number of rotatable bonds is 1. The van der Waals surface area contributed by atoms with Gasteiger partial charge < -0.3 is 5.11 Å². The van der Waals surface area contributed by atoms with Crippen LogP contribution >= 0.6 is 12.6 Å². The van der Waals surface area contributed by atoms with Gasteiger partial charge >= 0.3 is 0 Å². The molecule has 0 spiro atoms. The Hall–Kier alpha value is 0.440. The fourth-order valence-corrected chi connectivity index (χ4v) is 0. The van der Waals surface area contributed by atoms with E-state index in [0.29, 0.717) is 5.75 Å². The van der Waals surface area contributed by atoms with Crippen LogP contribution in [-0.2, 0) is 0 Å². The van der Waals surface area contributed by atoms with Gasteiger partial charge in [-0.1, -0.05) is 0 Å². The van der Waals surface area contributed by atoms with E-state index in [1.165, 1.54) is 0 Å². The second-order valence-electron chi connectivity index (χ2n) is 1.97. The number of hydrogen-bond acceptors (Lipinski definition) is 2. The third-order valence-corrected chi connectivity index (χ3v) is 1.16. The first-order valence-corrected chi connectivity index (χ1v) is 2.53. The Balaban J connectivity index is 3.17. The molecule has 0 aliphatic rings. The van der Waals surface area contributed by atoms with Gasteiger partial charge in [0.05, 0.1) is 0 Å². The maximum atomic E-state index is 8.75. The van der Waals surface area contributed by atoms with Crippen LogP contribution in [0.1, 0.15) is 0 Å². The predicted octanol–water partition coefficient (Wildman–Crippen LogP) is -2.17. The van der Waals surface area contributed by atoms with Crippen LogP contribution in [0.4, 0.5) is 0 Å². The van der Waals surface area contributed by atoms with Crippen LogP contribution in [0.2, 0.25) is 0 Å². The molecule has 0 aliphatic heterocycles. The summed E-state index contributed by atoms with van der Waals surface area (Å²) in [4.78, 5) is 0. The first-order chi connectivity index (χ1) is 2.56. The zero-order valence-corrected chi connectivity index (χ0v) is 5.00. The summed E-state index contributed by atoms with van der Waals surface area (Å²) in [5.74, 6) is 0.521. The van der Waals surface area contributed by atoms with Gasteiger partial charge in [-0.25, -0.2) is 0 Å². The molecule has 0 aromatic heterocycles. The fourth-order valence-electron chi connectivity index (χ4n) is 0. The van der Waals surface area contributed by atoms with Crippen LogP contribution in [0.15, 0.2) is 0 Å². The lowest BCUT2D eigenvalue weighted by molar-refractivity contribution is 0.239. The van der Waals surface area contributed by atoms with Crippen molar-refractivity contribution in [2.75, 3.05) is 5.75 Å². The minimum atomic E-state index is -0.594. The summed E-state index contributed by atoms with van der Waals surface area (Å²) in [5.41, 5.74) is 0. The smallest absolute Gasteiger partial charge is 0.132 e. The van der Waals surface area contributed by atoms with Gasteiger partial charge in [0.25, 0.3) is 0 Å². The minimum Gasteiger partial charge on any atom is -0.407 e. The number of hydrogen-bond donors (Lipinski definition) is 2. The van der Waals surface area contributed by atoms with Crippen molar-refractivity contribution in [2.24, 2.45) is 0 Å². The first kappa shape index (κ1) is 6.44. The fraction of sp³-hybridized carbons (Fsp3) is 1.00. The molecule has 0 aromatic rings. The van der Waals surface area contributed by atoms with Gasteiger partial charge in [-0.05, 0) is 0 Å². The Morgan fingerprint density at radius 1 is 1.67 bits per heavy atom. The van der Waals surface area contributed by atoms with E-state index in [1.807, 2.05) is 0 Å². The van der Waals surface area contributed by atoms with E-state index in [0.717, 1.165) is 0 Å². The molecule has 0 radical (unpaired) electrons. The third-order valence-electron chi connectivity index (χ3n) is 0.387. The predicted molar refractivity (Wildman–Crippen MR) is 35.9 cm³/mol. The maximum absolute atomic E-state index is 8.75. The van der Waals surface area contributed by atoms with E-state index in [4.69, 9.17) is 5.11 Å². The molecule has 1 N–H and O–H groups in total. The van der Waals surface area contributed by atoms with Gasteiger partial charge in [0.15, 0.2) is 0 Å². The standard InChI is InChI=1S/C2H8B2OS/c3-2(4,5)1-6/h5-6H,1,3-4H2. The monoisotopic (exact) mass is 102 g/mol. The average Bonchev–Trinajstić information content (AvgIpc) is 1.35. The van der Waals surface area contributed by atoms with Crippen molar-refractivity contribution in [2.45, 2.75) is 5.40 Å². The SMILES string of the molecule is BC(B)(O)CS. The van der Waals surface area contributed by atoms with Crippen LogP contribution < -0.4 is 0 Å². The van der Waals surface area contributed by atoms with Crippen molar-refractivity contribution in [1.29, 1.82) is 0 Å². The van der Waals surface area contributed by atoms with E-state index in [-0.39, 0.29) is 0 Å². The first-order valence-electron chi connectivity index (χ1n) is 1.89. The second kappa shape index (κ2) is 1.94. The summed E-state index contributed by atoms with van der Waals surface area (Å²) < 4.78 is 0. The highest BCUT2D eigenvalue weighted by atomic mass is 32.1. The van der Waals surface area contributed by atoms with Crippen molar-refractivity contribution in [1.82, 2.24) is 0 Å². The molecule has 34 valence electrons. The molecule has 0 rings (SSSR count).